The fourth-order valence-electron chi connectivity index (χ4n) is 3.07. The Morgan fingerprint density at radius 2 is 2.04 bits per heavy atom. The summed E-state index contributed by atoms with van der Waals surface area (Å²) in [5, 5.41) is 2.88. The number of hydrogen-bond acceptors (Lipinski definition) is 3. The monoisotopic (exact) mass is 339 g/mol. The van der Waals surface area contributed by atoms with Gasteiger partial charge in [0.25, 0.3) is 5.91 Å². The van der Waals surface area contributed by atoms with Gasteiger partial charge in [-0.05, 0) is 43.5 Å². The van der Waals surface area contributed by atoms with Gasteiger partial charge in [0.1, 0.15) is 5.82 Å². The Labute approximate surface area is 148 Å². The third kappa shape index (κ3) is 4.29. The van der Waals surface area contributed by atoms with Gasteiger partial charge in [0.05, 0.1) is 17.3 Å². The summed E-state index contributed by atoms with van der Waals surface area (Å²) in [6.07, 6.45) is 6.68. The maximum Gasteiger partial charge on any atom is 0.286 e. The van der Waals surface area contributed by atoms with Crippen molar-refractivity contribution in [1.82, 2.24) is 14.9 Å². The van der Waals surface area contributed by atoms with E-state index in [9.17, 15) is 4.79 Å². The average molecular weight is 339 g/mol. The van der Waals surface area contributed by atoms with E-state index in [1.165, 1.54) is 17.6 Å². The number of aromatic nitrogens is 2. The Morgan fingerprint density at radius 3 is 2.84 bits per heavy atom. The van der Waals surface area contributed by atoms with Gasteiger partial charge in [-0.3, -0.25) is 4.79 Å². The summed E-state index contributed by atoms with van der Waals surface area (Å²) >= 11 is 0. The highest BCUT2D eigenvalue weighted by Crippen LogP contribution is 2.18. The first-order chi connectivity index (χ1) is 12.3. The highest BCUT2D eigenvalue weighted by Gasteiger charge is 2.10. The fourth-order valence-corrected chi connectivity index (χ4v) is 3.07. The zero-order chi connectivity index (χ0) is 17.5. The van der Waals surface area contributed by atoms with Crippen molar-refractivity contribution in [3.8, 4) is 0 Å². The predicted molar refractivity (Wildman–Crippen MR) is 98.6 cm³/mol. The molecule has 0 atom stereocenters. The zero-order valence-electron chi connectivity index (χ0n) is 14.7. The second-order valence-corrected chi connectivity index (χ2v) is 6.21. The number of carbonyl (C=O) groups is 1. The first-order valence-corrected chi connectivity index (χ1v) is 9.05. The number of para-hydroxylation sites is 2. The first-order valence-electron chi connectivity index (χ1n) is 9.05. The number of benzene rings is 1. The molecule has 0 bridgehead atoms. The van der Waals surface area contributed by atoms with E-state index in [4.69, 9.17) is 9.40 Å². The van der Waals surface area contributed by atoms with E-state index in [1.807, 2.05) is 6.07 Å². The number of rotatable bonds is 9. The van der Waals surface area contributed by atoms with Crippen molar-refractivity contribution in [2.75, 3.05) is 6.54 Å². The van der Waals surface area contributed by atoms with Gasteiger partial charge in [-0.25, -0.2) is 4.98 Å². The Hall–Kier alpha value is -2.56. The Balaban J connectivity index is 1.45. The van der Waals surface area contributed by atoms with Crippen LogP contribution in [-0.4, -0.2) is 22.0 Å². The van der Waals surface area contributed by atoms with Gasteiger partial charge < -0.3 is 14.3 Å². The average Bonchev–Trinajstić information content (AvgIpc) is 3.27. The van der Waals surface area contributed by atoms with E-state index in [0.29, 0.717) is 12.3 Å². The maximum atomic E-state index is 11.8. The van der Waals surface area contributed by atoms with Crippen LogP contribution in [0.3, 0.4) is 0 Å². The summed E-state index contributed by atoms with van der Waals surface area (Å²) < 4.78 is 7.41. The number of carbonyl (C=O) groups excluding carboxylic acids is 1. The van der Waals surface area contributed by atoms with Crippen molar-refractivity contribution in [1.29, 1.82) is 0 Å². The largest absolute Gasteiger partial charge is 0.459 e. The lowest BCUT2D eigenvalue weighted by Crippen LogP contribution is -2.23. The van der Waals surface area contributed by atoms with Crippen LogP contribution in [0.5, 0.6) is 0 Å². The van der Waals surface area contributed by atoms with Gasteiger partial charge in [0, 0.05) is 19.5 Å². The molecule has 0 saturated carbocycles. The molecule has 0 fully saturated rings. The lowest BCUT2D eigenvalue weighted by Gasteiger charge is -2.08. The van der Waals surface area contributed by atoms with Crippen LogP contribution in [-0.2, 0) is 13.0 Å². The molecule has 5 nitrogen and oxygen atoms in total. The highest BCUT2D eigenvalue weighted by atomic mass is 16.3. The molecule has 0 unspecified atom stereocenters. The molecule has 3 aromatic rings. The molecule has 0 saturated heterocycles. The molecule has 25 heavy (non-hydrogen) atoms. The third-order valence-corrected chi connectivity index (χ3v) is 4.29. The van der Waals surface area contributed by atoms with Crippen molar-refractivity contribution in [3.05, 3.63) is 54.2 Å². The van der Waals surface area contributed by atoms with Gasteiger partial charge in [0.15, 0.2) is 5.76 Å². The first kappa shape index (κ1) is 17.3. The van der Waals surface area contributed by atoms with Crippen LogP contribution in [0.25, 0.3) is 11.0 Å². The summed E-state index contributed by atoms with van der Waals surface area (Å²) in [6, 6.07) is 11.7. The normalized spacial score (nSPS) is 11.1. The highest BCUT2D eigenvalue weighted by molar-refractivity contribution is 5.91. The van der Waals surface area contributed by atoms with Gasteiger partial charge in [-0.15, -0.1) is 0 Å². The smallest absolute Gasteiger partial charge is 0.286 e. The Morgan fingerprint density at radius 1 is 1.16 bits per heavy atom. The number of furan rings is 1. The number of nitrogens with zero attached hydrogens (tertiary/aromatic N) is 2. The van der Waals surface area contributed by atoms with Crippen molar-refractivity contribution in [2.24, 2.45) is 0 Å². The molecular weight excluding hydrogens is 314 g/mol. The second kappa shape index (κ2) is 8.51. The lowest BCUT2D eigenvalue weighted by molar-refractivity contribution is 0.0925. The summed E-state index contributed by atoms with van der Waals surface area (Å²) in [5.41, 5.74) is 2.31. The summed E-state index contributed by atoms with van der Waals surface area (Å²) in [4.78, 5) is 16.5. The van der Waals surface area contributed by atoms with Gasteiger partial charge >= 0.3 is 0 Å². The molecule has 132 valence electrons. The number of imidazole rings is 1. The molecule has 2 aromatic heterocycles. The molecule has 1 amide bonds. The molecule has 1 aromatic carbocycles. The van der Waals surface area contributed by atoms with Crippen LogP contribution in [0, 0.1) is 0 Å². The molecule has 0 aliphatic rings. The molecule has 2 heterocycles. The van der Waals surface area contributed by atoms with Crippen molar-refractivity contribution in [2.45, 2.75) is 45.6 Å². The predicted octanol–water partition coefficient (Wildman–Crippen LogP) is 4.18. The van der Waals surface area contributed by atoms with E-state index in [-0.39, 0.29) is 5.91 Å². The van der Waals surface area contributed by atoms with Crippen LogP contribution >= 0.6 is 0 Å². The SMILES string of the molecule is CCCn1c(CCCCCNC(=O)c2ccco2)nc2ccccc21. The fraction of sp³-hybridized carbons (Fsp3) is 0.400. The molecule has 0 aliphatic carbocycles. The number of hydrogen-bond donors (Lipinski definition) is 1. The van der Waals surface area contributed by atoms with E-state index in [1.54, 1.807) is 12.1 Å². The minimum absolute atomic E-state index is 0.144. The molecule has 1 N–H and O–H groups in total. The number of nitrogens with one attached hydrogen (secondary N) is 1. The molecule has 0 radical (unpaired) electrons. The summed E-state index contributed by atoms with van der Waals surface area (Å²) in [6.45, 7) is 3.88. The molecule has 5 heteroatoms. The summed E-state index contributed by atoms with van der Waals surface area (Å²) in [5.74, 6) is 1.39. The topological polar surface area (TPSA) is 60.1 Å². The van der Waals surface area contributed by atoms with Gasteiger partial charge in [0.2, 0.25) is 0 Å². The van der Waals surface area contributed by atoms with E-state index in [2.05, 4.69) is 35.0 Å². The van der Waals surface area contributed by atoms with Crippen molar-refractivity contribution >= 4 is 16.9 Å². The Kier molecular flexibility index (Phi) is 5.88. The van der Waals surface area contributed by atoms with Gasteiger partial charge in [-0.2, -0.15) is 0 Å². The van der Waals surface area contributed by atoms with Crippen molar-refractivity contribution < 1.29 is 9.21 Å². The van der Waals surface area contributed by atoms with Crippen LogP contribution < -0.4 is 5.32 Å². The van der Waals surface area contributed by atoms with E-state index in [0.717, 1.165) is 44.2 Å². The van der Waals surface area contributed by atoms with Crippen molar-refractivity contribution in [3.63, 3.8) is 0 Å². The Bertz CT molecular complexity index is 806. The summed E-state index contributed by atoms with van der Waals surface area (Å²) in [7, 11) is 0. The third-order valence-electron chi connectivity index (χ3n) is 4.29. The number of aryl methyl sites for hydroxylation is 2. The standard InChI is InChI=1S/C20H25N3O2/c1-2-14-23-17-10-6-5-9-16(17)22-19(23)12-4-3-7-13-21-20(24)18-11-8-15-25-18/h5-6,8-11,15H,2-4,7,12-14H2,1H3,(H,21,24). The van der Waals surface area contributed by atoms with E-state index < -0.39 is 0 Å². The number of amides is 1. The molecule has 0 spiro atoms. The van der Waals surface area contributed by atoms with Crippen LogP contribution in [0.1, 0.15) is 49.0 Å². The minimum Gasteiger partial charge on any atom is -0.459 e. The second-order valence-electron chi connectivity index (χ2n) is 6.21. The quantitative estimate of drug-likeness (QED) is 0.595. The van der Waals surface area contributed by atoms with E-state index >= 15 is 0 Å². The molecular formula is C20H25N3O2. The minimum atomic E-state index is -0.144. The molecule has 3 rings (SSSR count). The molecule has 0 aliphatic heterocycles. The number of unbranched alkanes of at least 4 members (excludes halogenated alkanes) is 2. The lowest BCUT2D eigenvalue weighted by atomic mass is 10.2. The maximum absolute atomic E-state index is 11.8. The van der Waals surface area contributed by atoms with Gasteiger partial charge in [-0.1, -0.05) is 25.5 Å². The zero-order valence-corrected chi connectivity index (χ0v) is 14.7. The van der Waals surface area contributed by atoms with Crippen LogP contribution in [0.4, 0.5) is 0 Å². The number of fused-ring (bicyclic) bond motifs is 1. The van der Waals surface area contributed by atoms with Crippen LogP contribution in [0.15, 0.2) is 47.1 Å². The van der Waals surface area contributed by atoms with Crippen LogP contribution in [0.2, 0.25) is 0 Å².